The number of carbonyl (C=O) groups is 2. The summed E-state index contributed by atoms with van der Waals surface area (Å²) < 4.78 is 0. The minimum atomic E-state index is -0.393. The van der Waals surface area contributed by atoms with Crippen LogP contribution in [0.2, 0.25) is 0 Å². The molecule has 3 rings (SSSR count). The van der Waals surface area contributed by atoms with E-state index >= 15 is 0 Å². The van der Waals surface area contributed by atoms with Gasteiger partial charge in [-0.1, -0.05) is 64.1 Å². The zero-order valence-electron chi connectivity index (χ0n) is 19.6. The van der Waals surface area contributed by atoms with E-state index in [2.05, 4.69) is 57.3 Å². The SMILES string of the molecule is CCc1ccc(-c2ccc(C(=O)NCCN(O)C(=O)N3CCCC3C(C)(C)C)cc2)cc1. The number of amides is 3. The summed E-state index contributed by atoms with van der Waals surface area (Å²) in [6.45, 7) is 9.32. The first kappa shape index (κ1) is 23.8. The predicted molar refractivity (Wildman–Crippen MR) is 127 cm³/mol. The molecule has 172 valence electrons. The predicted octanol–water partition coefficient (Wildman–Crippen LogP) is 4.97. The van der Waals surface area contributed by atoms with Crippen LogP contribution in [0.4, 0.5) is 4.79 Å². The Morgan fingerprint density at radius 1 is 1.06 bits per heavy atom. The topological polar surface area (TPSA) is 72.9 Å². The molecule has 1 fully saturated rings. The van der Waals surface area contributed by atoms with Crippen LogP contribution in [0.5, 0.6) is 0 Å². The van der Waals surface area contributed by atoms with E-state index in [1.807, 2.05) is 12.1 Å². The summed E-state index contributed by atoms with van der Waals surface area (Å²) in [7, 11) is 0. The maximum atomic E-state index is 12.6. The molecule has 0 aromatic heterocycles. The normalized spacial score (nSPS) is 16.2. The van der Waals surface area contributed by atoms with Crippen LogP contribution in [-0.2, 0) is 6.42 Å². The highest BCUT2D eigenvalue weighted by Crippen LogP contribution is 2.33. The van der Waals surface area contributed by atoms with Crippen molar-refractivity contribution in [2.45, 2.75) is 53.0 Å². The van der Waals surface area contributed by atoms with Crippen LogP contribution in [0.1, 0.15) is 56.5 Å². The van der Waals surface area contributed by atoms with Crippen molar-refractivity contribution in [3.63, 3.8) is 0 Å². The molecule has 2 N–H and O–H groups in total. The Labute approximate surface area is 191 Å². The molecule has 1 heterocycles. The number of likely N-dealkylation sites (tertiary alicyclic amines) is 1. The van der Waals surface area contributed by atoms with Crippen LogP contribution in [0, 0.1) is 5.41 Å². The fourth-order valence-corrected chi connectivity index (χ4v) is 4.26. The monoisotopic (exact) mass is 437 g/mol. The summed E-state index contributed by atoms with van der Waals surface area (Å²) in [5.41, 5.74) is 3.96. The zero-order valence-corrected chi connectivity index (χ0v) is 19.6. The average molecular weight is 438 g/mol. The molecule has 1 atom stereocenters. The van der Waals surface area contributed by atoms with E-state index in [4.69, 9.17) is 0 Å². The highest BCUT2D eigenvalue weighted by Gasteiger charge is 2.38. The maximum Gasteiger partial charge on any atom is 0.344 e. The lowest BCUT2D eigenvalue weighted by Gasteiger charge is -2.36. The Bertz CT molecular complexity index is 917. The molecule has 2 aromatic rings. The number of aryl methyl sites for hydroxylation is 1. The molecular formula is C26H35N3O3. The van der Waals surface area contributed by atoms with Crippen molar-refractivity contribution in [1.29, 1.82) is 0 Å². The number of benzene rings is 2. The third-order valence-electron chi connectivity index (χ3n) is 6.17. The highest BCUT2D eigenvalue weighted by atomic mass is 16.5. The molecule has 6 nitrogen and oxygen atoms in total. The second kappa shape index (κ2) is 10.2. The van der Waals surface area contributed by atoms with Crippen LogP contribution in [-0.4, -0.2) is 52.8 Å². The van der Waals surface area contributed by atoms with Crippen LogP contribution < -0.4 is 5.32 Å². The maximum absolute atomic E-state index is 12.6. The molecular weight excluding hydrogens is 402 g/mol. The van der Waals surface area contributed by atoms with E-state index in [0.717, 1.165) is 30.4 Å². The molecule has 0 saturated carbocycles. The van der Waals surface area contributed by atoms with Gasteiger partial charge in [-0.25, -0.2) is 9.86 Å². The first-order chi connectivity index (χ1) is 15.2. The molecule has 2 aromatic carbocycles. The van der Waals surface area contributed by atoms with Gasteiger partial charge in [0.25, 0.3) is 5.91 Å². The van der Waals surface area contributed by atoms with E-state index < -0.39 is 6.03 Å². The van der Waals surface area contributed by atoms with Crippen molar-refractivity contribution in [2.75, 3.05) is 19.6 Å². The second-order valence-corrected chi connectivity index (χ2v) is 9.51. The van der Waals surface area contributed by atoms with Gasteiger partial charge in [-0.15, -0.1) is 0 Å². The van der Waals surface area contributed by atoms with Gasteiger partial charge in [0.05, 0.1) is 6.54 Å². The Kier molecular flexibility index (Phi) is 7.56. The van der Waals surface area contributed by atoms with Gasteiger partial charge in [-0.05, 0) is 53.5 Å². The van der Waals surface area contributed by atoms with Gasteiger partial charge < -0.3 is 10.2 Å². The van der Waals surface area contributed by atoms with E-state index in [1.165, 1.54) is 5.56 Å². The van der Waals surface area contributed by atoms with Crippen LogP contribution in [0.3, 0.4) is 0 Å². The number of hydroxylamine groups is 2. The third kappa shape index (κ3) is 5.68. The molecule has 0 aliphatic carbocycles. The van der Waals surface area contributed by atoms with Crippen LogP contribution in [0.15, 0.2) is 48.5 Å². The Morgan fingerprint density at radius 3 is 2.22 bits per heavy atom. The fourth-order valence-electron chi connectivity index (χ4n) is 4.26. The molecule has 1 unspecified atom stereocenters. The van der Waals surface area contributed by atoms with Crippen molar-refractivity contribution in [1.82, 2.24) is 15.3 Å². The van der Waals surface area contributed by atoms with Crippen molar-refractivity contribution in [3.05, 3.63) is 59.7 Å². The van der Waals surface area contributed by atoms with Crippen molar-refractivity contribution < 1.29 is 14.8 Å². The van der Waals surface area contributed by atoms with Gasteiger partial charge in [-0.2, -0.15) is 0 Å². The van der Waals surface area contributed by atoms with Gasteiger partial charge in [0, 0.05) is 24.7 Å². The van der Waals surface area contributed by atoms with Crippen molar-refractivity contribution in [2.24, 2.45) is 5.41 Å². The third-order valence-corrected chi connectivity index (χ3v) is 6.17. The molecule has 6 heteroatoms. The smallest absolute Gasteiger partial charge is 0.344 e. The first-order valence-corrected chi connectivity index (χ1v) is 11.4. The summed E-state index contributed by atoms with van der Waals surface area (Å²) in [6, 6.07) is 15.6. The Balaban J connectivity index is 1.50. The fraction of sp³-hybridized carbons (Fsp3) is 0.462. The number of rotatable bonds is 6. The molecule has 1 aliphatic heterocycles. The van der Waals surface area contributed by atoms with Gasteiger partial charge >= 0.3 is 6.03 Å². The highest BCUT2D eigenvalue weighted by molar-refractivity contribution is 5.94. The summed E-state index contributed by atoms with van der Waals surface area (Å²) in [5, 5.41) is 13.7. The van der Waals surface area contributed by atoms with Gasteiger partial charge in [-0.3, -0.25) is 10.0 Å². The summed E-state index contributed by atoms with van der Waals surface area (Å²) in [6.07, 6.45) is 2.89. The quantitative estimate of drug-likeness (QED) is 0.495. The minimum absolute atomic E-state index is 0.0363. The number of nitrogens with zero attached hydrogens (tertiary/aromatic N) is 2. The standard InChI is InChI=1S/C26H35N3O3/c1-5-19-8-10-20(11-9-19)21-12-14-22(15-13-21)24(30)27-16-18-29(32)25(31)28-17-6-7-23(28)26(2,3)4/h8-15,23,32H,5-7,16-18H2,1-4H3,(H,27,30). The minimum Gasteiger partial charge on any atom is -0.350 e. The Morgan fingerprint density at radius 2 is 1.66 bits per heavy atom. The van der Waals surface area contributed by atoms with Gasteiger partial charge in [0.15, 0.2) is 0 Å². The molecule has 1 aliphatic rings. The Hall–Kier alpha value is -2.86. The number of hydrogen-bond donors (Lipinski definition) is 2. The lowest BCUT2D eigenvalue weighted by atomic mass is 9.85. The van der Waals surface area contributed by atoms with E-state index in [9.17, 15) is 14.8 Å². The summed E-state index contributed by atoms with van der Waals surface area (Å²) in [4.78, 5) is 26.9. The number of nitrogens with one attached hydrogen (secondary N) is 1. The largest absolute Gasteiger partial charge is 0.350 e. The molecule has 0 radical (unpaired) electrons. The van der Waals surface area contributed by atoms with E-state index in [0.29, 0.717) is 17.2 Å². The number of carbonyl (C=O) groups excluding carboxylic acids is 2. The molecule has 0 bridgehead atoms. The van der Waals surface area contributed by atoms with Gasteiger partial charge in [0.2, 0.25) is 0 Å². The van der Waals surface area contributed by atoms with E-state index in [1.54, 1.807) is 17.0 Å². The van der Waals surface area contributed by atoms with E-state index in [-0.39, 0.29) is 30.5 Å². The second-order valence-electron chi connectivity index (χ2n) is 9.51. The summed E-state index contributed by atoms with van der Waals surface area (Å²) in [5.74, 6) is -0.229. The number of urea groups is 1. The molecule has 1 saturated heterocycles. The lowest BCUT2D eigenvalue weighted by Crippen LogP contribution is -2.49. The average Bonchev–Trinajstić information content (AvgIpc) is 3.29. The molecule has 32 heavy (non-hydrogen) atoms. The number of hydrogen-bond acceptors (Lipinski definition) is 3. The van der Waals surface area contributed by atoms with Gasteiger partial charge in [0.1, 0.15) is 0 Å². The summed E-state index contributed by atoms with van der Waals surface area (Å²) >= 11 is 0. The lowest BCUT2D eigenvalue weighted by molar-refractivity contribution is -0.0598. The van der Waals surface area contributed by atoms with Crippen molar-refractivity contribution in [3.8, 4) is 11.1 Å². The first-order valence-electron chi connectivity index (χ1n) is 11.4. The van der Waals surface area contributed by atoms with Crippen LogP contribution in [0.25, 0.3) is 11.1 Å². The molecule has 0 spiro atoms. The zero-order chi connectivity index (χ0) is 23.3. The van der Waals surface area contributed by atoms with Crippen molar-refractivity contribution >= 4 is 11.9 Å². The molecule has 3 amide bonds. The van der Waals surface area contributed by atoms with Crippen LogP contribution >= 0.6 is 0 Å².